The molecule has 1 rings (SSSR count). The van der Waals surface area contributed by atoms with Crippen LogP contribution in [0.15, 0.2) is 4.52 Å². The Labute approximate surface area is 94.6 Å². The van der Waals surface area contributed by atoms with Crippen molar-refractivity contribution in [1.82, 2.24) is 10.1 Å². The molecule has 90 valence electrons. The number of nitrogens with zero attached hydrogens (tertiary/aromatic N) is 3. The van der Waals surface area contributed by atoms with Gasteiger partial charge < -0.3 is 14.2 Å². The standard InChI is InChI=1S/C10H17N3O3/c1-4-13(5-2)10-11-9(16-12-10)6-8(14)7-15-3/h4-7H2,1-3H3. The number of ketones is 1. The fraction of sp³-hybridized carbons (Fsp3) is 0.700. The fourth-order valence-corrected chi connectivity index (χ4v) is 1.33. The second-order valence-corrected chi connectivity index (χ2v) is 3.31. The molecule has 0 aliphatic rings. The molecule has 0 atom stereocenters. The van der Waals surface area contributed by atoms with Crippen molar-refractivity contribution in [2.24, 2.45) is 0 Å². The van der Waals surface area contributed by atoms with E-state index < -0.39 is 0 Å². The first-order valence-corrected chi connectivity index (χ1v) is 5.29. The largest absolute Gasteiger partial charge is 0.377 e. The summed E-state index contributed by atoms with van der Waals surface area (Å²) < 4.78 is 9.71. The first-order chi connectivity index (χ1) is 7.71. The highest BCUT2D eigenvalue weighted by Gasteiger charge is 2.13. The Morgan fingerprint density at radius 3 is 2.69 bits per heavy atom. The van der Waals surface area contributed by atoms with Gasteiger partial charge in [0.2, 0.25) is 5.89 Å². The Morgan fingerprint density at radius 2 is 2.12 bits per heavy atom. The number of Topliss-reactive ketones (excluding diaryl/α,β-unsaturated/α-hetero) is 1. The topological polar surface area (TPSA) is 68.5 Å². The summed E-state index contributed by atoms with van der Waals surface area (Å²) in [7, 11) is 1.48. The van der Waals surface area contributed by atoms with Gasteiger partial charge in [-0.1, -0.05) is 0 Å². The Balaban J connectivity index is 2.60. The SMILES string of the molecule is CCN(CC)c1noc(CC(=O)COC)n1. The van der Waals surface area contributed by atoms with Gasteiger partial charge in [0.05, 0.1) is 6.42 Å². The minimum atomic E-state index is -0.0720. The van der Waals surface area contributed by atoms with E-state index in [1.807, 2.05) is 18.7 Å². The number of carbonyl (C=O) groups is 1. The summed E-state index contributed by atoms with van der Waals surface area (Å²) >= 11 is 0. The zero-order valence-corrected chi connectivity index (χ0v) is 9.89. The summed E-state index contributed by atoms with van der Waals surface area (Å²) in [6.45, 7) is 5.71. The number of hydrogen-bond acceptors (Lipinski definition) is 6. The second-order valence-electron chi connectivity index (χ2n) is 3.31. The number of anilines is 1. The summed E-state index contributed by atoms with van der Waals surface area (Å²) in [5.74, 6) is 0.798. The molecule has 0 radical (unpaired) electrons. The average molecular weight is 227 g/mol. The molecule has 1 heterocycles. The van der Waals surface area contributed by atoms with Crippen LogP contribution in [0.25, 0.3) is 0 Å². The Morgan fingerprint density at radius 1 is 1.44 bits per heavy atom. The monoisotopic (exact) mass is 227 g/mol. The maximum Gasteiger partial charge on any atom is 0.266 e. The molecule has 0 aromatic carbocycles. The van der Waals surface area contributed by atoms with Gasteiger partial charge in [0.1, 0.15) is 6.61 Å². The molecule has 16 heavy (non-hydrogen) atoms. The Kier molecular flexibility index (Phi) is 4.91. The third kappa shape index (κ3) is 3.30. The predicted molar refractivity (Wildman–Crippen MR) is 58.4 cm³/mol. The lowest BCUT2D eigenvalue weighted by Crippen LogP contribution is -2.23. The first kappa shape index (κ1) is 12.6. The minimum Gasteiger partial charge on any atom is -0.377 e. The molecule has 1 aromatic heterocycles. The molecule has 0 fully saturated rings. The number of carbonyl (C=O) groups excluding carboxylic acids is 1. The number of hydrogen-bond donors (Lipinski definition) is 0. The highest BCUT2D eigenvalue weighted by Crippen LogP contribution is 2.09. The zero-order chi connectivity index (χ0) is 12.0. The van der Waals surface area contributed by atoms with Gasteiger partial charge in [0.25, 0.3) is 5.95 Å². The molecule has 6 nitrogen and oxygen atoms in total. The van der Waals surface area contributed by atoms with Crippen molar-refractivity contribution in [2.45, 2.75) is 20.3 Å². The van der Waals surface area contributed by atoms with Crippen molar-refractivity contribution in [2.75, 3.05) is 31.7 Å². The number of aromatic nitrogens is 2. The predicted octanol–water partition coefficient (Wildman–Crippen LogP) is 0.674. The van der Waals surface area contributed by atoms with Crippen LogP contribution in [0.3, 0.4) is 0 Å². The van der Waals surface area contributed by atoms with E-state index in [1.54, 1.807) is 0 Å². The van der Waals surface area contributed by atoms with Crippen molar-refractivity contribution < 1.29 is 14.1 Å². The van der Waals surface area contributed by atoms with E-state index in [9.17, 15) is 4.79 Å². The molecule has 0 saturated heterocycles. The van der Waals surface area contributed by atoms with E-state index in [0.717, 1.165) is 13.1 Å². The molecule has 6 heteroatoms. The van der Waals surface area contributed by atoms with Crippen LogP contribution in [-0.2, 0) is 16.0 Å². The van der Waals surface area contributed by atoms with Crippen LogP contribution in [0.2, 0.25) is 0 Å². The summed E-state index contributed by atoms with van der Waals surface area (Å²) in [6.07, 6.45) is 0.127. The smallest absolute Gasteiger partial charge is 0.266 e. The van der Waals surface area contributed by atoms with Gasteiger partial charge in [-0.25, -0.2) is 0 Å². The van der Waals surface area contributed by atoms with Crippen molar-refractivity contribution in [3.63, 3.8) is 0 Å². The van der Waals surface area contributed by atoms with Gasteiger partial charge in [-0.15, -0.1) is 0 Å². The van der Waals surface area contributed by atoms with E-state index in [-0.39, 0.29) is 18.8 Å². The van der Waals surface area contributed by atoms with E-state index in [4.69, 9.17) is 9.26 Å². The van der Waals surface area contributed by atoms with Crippen LogP contribution < -0.4 is 4.90 Å². The van der Waals surface area contributed by atoms with Crippen LogP contribution in [0.4, 0.5) is 5.95 Å². The summed E-state index contributed by atoms with van der Waals surface area (Å²) in [6, 6.07) is 0. The van der Waals surface area contributed by atoms with Crippen molar-refractivity contribution in [3.05, 3.63) is 5.89 Å². The van der Waals surface area contributed by atoms with Crippen LogP contribution in [0.1, 0.15) is 19.7 Å². The molecular formula is C10H17N3O3. The highest BCUT2D eigenvalue weighted by molar-refractivity contribution is 5.81. The maximum atomic E-state index is 11.3. The fourth-order valence-electron chi connectivity index (χ4n) is 1.33. The molecule has 0 saturated carbocycles. The number of ether oxygens (including phenoxy) is 1. The van der Waals surface area contributed by atoms with E-state index in [1.165, 1.54) is 7.11 Å². The Hall–Kier alpha value is -1.43. The van der Waals surface area contributed by atoms with Crippen LogP contribution in [-0.4, -0.2) is 42.7 Å². The molecule has 1 aromatic rings. The quantitative estimate of drug-likeness (QED) is 0.682. The molecule has 0 aliphatic carbocycles. The molecular weight excluding hydrogens is 210 g/mol. The lowest BCUT2D eigenvalue weighted by molar-refractivity contribution is -0.122. The molecule has 0 amide bonds. The molecule has 0 bridgehead atoms. The lowest BCUT2D eigenvalue weighted by atomic mass is 10.3. The van der Waals surface area contributed by atoms with Gasteiger partial charge in [-0.3, -0.25) is 4.79 Å². The van der Waals surface area contributed by atoms with Gasteiger partial charge in [0.15, 0.2) is 5.78 Å². The van der Waals surface area contributed by atoms with Gasteiger partial charge in [0, 0.05) is 20.2 Å². The van der Waals surface area contributed by atoms with Gasteiger partial charge in [-0.05, 0) is 19.0 Å². The van der Waals surface area contributed by atoms with E-state index in [0.29, 0.717) is 11.8 Å². The summed E-state index contributed by atoms with van der Waals surface area (Å²) in [5.41, 5.74) is 0. The second kappa shape index (κ2) is 6.22. The van der Waals surface area contributed by atoms with Crippen LogP contribution in [0, 0.1) is 0 Å². The number of methoxy groups -OCH3 is 1. The van der Waals surface area contributed by atoms with Crippen molar-refractivity contribution >= 4 is 11.7 Å². The van der Waals surface area contributed by atoms with Crippen molar-refractivity contribution in [3.8, 4) is 0 Å². The highest BCUT2D eigenvalue weighted by atomic mass is 16.5. The molecule has 0 aliphatic heterocycles. The van der Waals surface area contributed by atoms with E-state index >= 15 is 0 Å². The van der Waals surface area contributed by atoms with Crippen molar-refractivity contribution in [1.29, 1.82) is 0 Å². The lowest BCUT2D eigenvalue weighted by Gasteiger charge is -2.14. The third-order valence-electron chi connectivity index (χ3n) is 2.16. The molecule has 0 N–H and O–H groups in total. The normalized spacial score (nSPS) is 10.4. The summed E-state index contributed by atoms with van der Waals surface area (Å²) in [5, 5.41) is 3.82. The molecule has 0 unspecified atom stereocenters. The Bertz CT molecular complexity index is 334. The zero-order valence-electron chi connectivity index (χ0n) is 9.89. The minimum absolute atomic E-state index is 0.0720. The third-order valence-corrected chi connectivity index (χ3v) is 2.16. The first-order valence-electron chi connectivity index (χ1n) is 5.29. The van der Waals surface area contributed by atoms with E-state index in [2.05, 4.69) is 10.1 Å². The van der Waals surface area contributed by atoms with Gasteiger partial charge >= 0.3 is 0 Å². The van der Waals surface area contributed by atoms with Gasteiger partial charge in [-0.2, -0.15) is 4.98 Å². The van der Waals surface area contributed by atoms with Crippen LogP contribution >= 0.6 is 0 Å². The summed E-state index contributed by atoms with van der Waals surface area (Å²) in [4.78, 5) is 17.4. The van der Waals surface area contributed by atoms with Crippen LogP contribution in [0.5, 0.6) is 0 Å². The maximum absolute atomic E-state index is 11.3. The molecule has 0 spiro atoms. The average Bonchev–Trinajstić information content (AvgIpc) is 2.68. The number of rotatable bonds is 7.